The summed E-state index contributed by atoms with van der Waals surface area (Å²) >= 11 is 3.83. The third-order valence-corrected chi connectivity index (χ3v) is 7.13. The van der Waals surface area contributed by atoms with Gasteiger partial charge in [-0.25, -0.2) is 0 Å². The van der Waals surface area contributed by atoms with Gasteiger partial charge in [-0.05, 0) is 71.1 Å². The molecule has 0 aliphatic heterocycles. The molecule has 0 aromatic rings. The second-order valence-electron chi connectivity index (χ2n) is 8.78. The van der Waals surface area contributed by atoms with E-state index in [1.807, 2.05) is 19.1 Å². The van der Waals surface area contributed by atoms with Crippen LogP contribution in [0.25, 0.3) is 0 Å². The quantitative estimate of drug-likeness (QED) is 0.438. The fraction of sp³-hybridized carbons (Fsp3) is 0.800. The first-order chi connectivity index (χ1) is 10.7. The highest BCUT2D eigenvalue weighted by Crippen LogP contribution is 2.53. The van der Waals surface area contributed by atoms with Crippen molar-refractivity contribution >= 4 is 15.9 Å². The van der Waals surface area contributed by atoms with Crippen LogP contribution >= 0.6 is 15.9 Å². The molecule has 0 bridgehead atoms. The van der Waals surface area contributed by atoms with E-state index in [0.29, 0.717) is 6.42 Å². The third kappa shape index (κ3) is 5.69. The molecular weight excluding hydrogens is 368 g/mol. The standard InChI is InChI=1S/C20H35BrO3/c1-7-18(4,23)13-9-15-19(5,12-8-11-17(2,3)22)16(21)10-14-20(15,6)24/h7-8,11,15-16,22-24H,1,9-10,12-14H2,2-6H3/b11-8+/t15-,16-,18?,19-,20-/m0/s1. The molecule has 1 saturated carbocycles. The summed E-state index contributed by atoms with van der Waals surface area (Å²) in [6.07, 6.45) is 9.13. The molecule has 140 valence electrons. The zero-order valence-corrected chi connectivity index (χ0v) is 17.4. The van der Waals surface area contributed by atoms with Gasteiger partial charge in [-0.1, -0.05) is 41.1 Å². The van der Waals surface area contributed by atoms with Crippen molar-refractivity contribution in [1.29, 1.82) is 0 Å². The van der Waals surface area contributed by atoms with Gasteiger partial charge in [0.25, 0.3) is 0 Å². The van der Waals surface area contributed by atoms with Crippen LogP contribution in [0.4, 0.5) is 0 Å². The second kappa shape index (κ2) is 7.61. The van der Waals surface area contributed by atoms with Gasteiger partial charge < -0.3 is 15.3 Å². The molecular formula is C20H35BrO3. The molecule has 0 saturated heterocycles. The minimum absolute atomic E-state index is 0.0426. The van der Waals surface area contributed by atoms with Crippen LogP contribution in [0.15, 0.2) is 24.8 Å². The van der Waals surface area contributed by atoms with Crippen molar-refractivity contribution < 1.29 is 15.3 Å². The lowest BCUT2D eigenvalue weighted by Crippen LogP contribution is -2.53. The second-order valence-corrected chi connectivity index (χ2v) is 9.89. The van der Waals surface area contributed by atoms with Crippen LogP contribution in [0, 0.1) is 11.3 Å². The monoisotopic (exact) mass is 402 g/mol. The van der Waals surface area contributed by atoms with Gasteiger partial charge in [0.05, 0.1) is 16.8 Å². The average molecular weight is 403 g/mol. The van der Waals surface area contributed by atoms with Crippen molar-refractivity contribution in [2.24, 2.45) is 11.3 Å². The smallest absolute Gasteiger partial charge is 0.0797 e. The number of aliphatic hydroxyl groups is 3. The predicted octanol–water partition coefficient (Wildman–Crippen LogP) is 4.35. The van der Waals surface area contributed by atoms with Crippen molar-refractivity contribution in [3.8, 4) is 0 Å². The van der Waals surface area contributed by atoms with E-state index in [-0.39, 0.29) is 16.2 Å². The number of alkyl halides is 1. The molecule has 1 fully saturated rings. The van der Waals surface area contributed by atoms with Crippen LogP contribution in [0.3, 0.4) is 0 Å². The van der Waals surface area contributed by atoms with Crippen molar-refractivity contribution in [3.05, 3.63) is 24.8 Å². The summed E-state index contributed by atoms with van der Waals surface area (Å²) in [6, 6.07) is 0. The van der Waals surface area contributed by atoms with Crippen LogP contribution in [0.2, 0.25) is 0 Å². The van der Waals surface area contributed by atoms with Crippen LogP contribution < -0.4 is 0 Å². The fourth-order valence-electron chi connectivity index (χ4n) is 3.90. The van der Waals surface area contributed by atoms with Crippen molar-refractivity contribution in [1.82, 2.24) is 0 Å². The average Bonchev–Trinajstić information content (AvgIpc) is 2.41. The zero-order valence-electron chi connectivity index (χ0n) is 15.8. The summed E-state index contributed by atoms with van der Waals surface area (Å²) in [7, 11) is 0. The van der Waals surface area contributed by atoms with Gasteiger partial charge in [-0.2, -0.15) is 0 Å². The number of hydrogen-bond donors (Lipinski definition) is 3. The highest BCUT2D eigenvalue weighted by Gasteiger charge is 2.51. The summed E-state index contributed by atoms with van der Waals surface area (Å²) in [6.45, 7) is 13.1. The van der Waals surface area contributed by atoms with E-state index in [4.69, 9.17) is 0 Å². The molecule has 24 heavy (non-hydrogen) atoms. The predicted molar refractivity (Wildman–Crippen MR) is 104 cm³/mol. The summed E-state index contributed by atoms with van der Waals surface area (Å²) in [5, 5.41) is 31.2. The van der Waals surface area contributed by atoms with Crippen molar-refractivity contribution in [2.75, 3.05) is 0 Å². The van der Waals surface area contributed by atoms with E-state index in [1.165, 1.54) is 0 Å². The molecule has 0 spiro atoms. The number of hydrogen-bond acceptors (Lipinski definition) is 3. The Hall–Kier alpha value is -0.160. The van der Waals surface area contributed by atoms with Gasteiger partial charge in [0.2, 0.25) is 0 Å². The topological polar surface area (TPSA) is 60.7 Å². The highest BCUT2D eigenvalue weighted by molar-refractivity contribution is 9.09. The molecule has 1 aliphatic carbocycles. The van der Waals surface area contributed by atoms with Crippen LogP contribution in [0.1, 0.15) is 66.7 Å². The summed E-state index contributed by atoms with van der Waals surface area (Å²) in [4.78, 5) is 0.287. The maximum Gasteiger partial charge on any atom is 0.0797 e. The zero-order chi connectivity index (χ0) is 18.8. The van der Waals surface area contributed by atoms with Gasteiger partial charge in [0, 0.05) is 4.83 Å². The Morgan fingerprint density at radius 1 is 1.25 bits per heavy atom. The molecule has 1 aliphatic rings. The lowest BCUT2D eigenvalue weighted by atomic mass is 9.57. The molecule has 3 N–H and O–H groups in total. The molecule has 1 rings (SSSR count). The molecule has 1 unspecified atom stereocenters. The SMILES string of the molecule is C=CC(C)(O)CC[C@H]1[C@](C)(C/C=C/C(C)(C)O)[C@@H](Br)CC[C@]1(C)O. The Morgan fingerprint density at radius 3 is 2.33 bits per heavy atom. The number of allylic oxidation sites excluding steroid dienone is 1. The summed E-state index contributed by atoms with van der Waals surface area (Å²) in [5.41, 5.74) is -2.67. The lowest BCUT2D eigenvalue weighted by molar-refractivity contribution is -0.0987. The van der Waals surface area contributed by atoms with Gasteiger partial charge in [0.15, 0.2) is 0 Å². The summed E-state index contributed by atoms with van der Waals surface area (Å²) in [5.74, 6) is 0.0426. The van der Waals surface area contributed by atoms with E-state index in [2.05, 4.69) is 29.4 Å². The third-order valence-electron chi connectivity index (χ3n) is 5.63. The normalized spacial score (nSPS) is 37.4. The van der Waals surface area contributed by atoms with Crippen molar-refractivity contribution in [2.45, 2.75) is 88.4 Å². The maximum absolute atomic E-state index is 11.0. The molecule has 0 amide bonds. The largest absolute Gasteiger partial charge is 0.390 e. The molecule has 5 atom stereocenters. The molecule has 0 radical (unpaired) electrons. The van der Waals surface area contributed by atoms with E-state index in [1.54, 1.807) is 26.8 Å². The van der Waals surface area contributed by atoms with Crippen LogP contribution in [-0.4, -0.2) is 36.9 Å². The molecule has 4 heteroatoms. The van der Waals surface area contributed by atoms with E-state index in [0.717, 1.165) is 25.7 Å². The Kier molecular flexibility index (Phi) is 6.94. The fourth-order valence-corrected chi connectivity index (χ4v) is 4.64. The Balaban J connectivity index is 3.04. The minimum atomic E-state index is -0.917. The first-order valence-corrected chi connectivity index (χ1v) is 9.78. The first-order valence-electron chi connectivity index (χ1n) is 8.86. The lowest BCUT2D eigenvalue weighted by Gasteiger charge is -2.53. The molecule has 0 aromatic carbocycles. The van der Waals surface area contributed by atoms with Gasteiger partial charge in [0.1, 0.15) is 0 Å². The Labute approximate surface area is 156 Å². The molecule has 3 nitrogen and oxygen atoms in total. The Morgan fingerprint density at radius 2 is 1.83 bits per heavy atom. The molecule has 0 heterocycles. The maximum atomic E-state index is 11.0. The van der Waals surface area contributed by atoms with Crippen LogP contribution in [-0.2, 0) is 0 Å². The van der Waals surface area contributed by atoms with E-state index in [9.17, 15) is 15.3 Å². The molecule has 0 aromatic heterocycles. The van der Waals surface area contributed by atoms with Crippen LogP contribution in [0.5, 0.6) is 0 Å². The van der Waals surface area contributed by atoms with E-state index >= 15 is 0 Å². The van der Waals surface area contributed by atoms with Gasteiger partial charge in [-0.15, -0.1) is 6.58 Å². The Bertz CT molecular complexity index is 462. The van der Waals surface area contributed by atoms with Gasteiger partial charge in [-0.3, -0.25) is 0 Å². The van der Waals surface area contributed by atoms with E-state index < -0.39 is 16.8 Å². The highest BCUT2D eigenvalue weighted by atomic mass is 79.9. The number of halogens is 1. The first kappa shape index (κ1) is 21.9. The van der Waals surface area contributed by atoms with Crippen molar-refractivity contribution in [3.63, 3.8) is 0 Å². The number of rotatable bonds is 7. The minimum Gasteiger partial charge on any atom is -0.390 e. The van der Waals surface area contributed by atoms with Gasteiger partial charge >= 0.3 is 0 Å². The summed E-state index contributed by atoms with van der Waals surface area (Å²) < 4.78 is 0.